The van der Waals surface area contributed by atoms with E-state index >= 15 is 0 Å². The quantitative estimate of drug-likeness (QED) is 0.602. The largest absolute Gasteiger partial charge is 0.509 e. The van der Waals surface area contributed by atoms with Crippen LogP contribution in [0.5, 0.6) is 0 Å². The van der Waals surface area contributed by atoms with E-state index in [-0.39, 0.29) is 5.76 Å². The fourth-order valence-corrected chi connectivity index (χ4v) is 1.73. The predicted octanol–water partition coefficient (Wildman–Crippen LogP) is 4.75. The second kappa shape index (κ2) is 5.37. The fraction of sp³-hybridized carbons (Fsp3) is 0.0588. The van der Waals surface area contributed by atoms with Crippen molar-refractivity contribution < 1.29 is 5.11 Å². The van der Waals surface area contributed by atoms with E-state index in [0.29, 0.717) is 0 Å². The summed E-state index contributed by atoms with van der Waals surface area (Å²) in [6, 6.07) is 16.7. The molecule has 0 atom stereocenters. The zero-order valence-electron chi connectivity index (χ0n) is 10.4. The van der Waals surface area contributed by atoms with Crippen molar-refractivity contribution in [2.45, 2.75) is 6.92 Å². The van der Waals surface area contributed by atoms with Gasteiger partial charge in [0.1, 0.15) is 5.76 Å². The van der Waals surface area contributed by atoms with Gasteiger partial charge >= 0.3 is 0 Å². The van der Waals surface area contributed by atoms with E-state index in [1.54, 1.807) is 6.08 Å². The highest BCUT2D eigenvalue weighted by atomic mass is 16.3. The molecular weight excluding hydrogens is 220 g/mol. The first-order chi connectivity index (χ1) is 8.65. The number of allylic oxidation sites excluding steroid dienone is 1. The normalized spacial score (nSPS) is 10.7. The summed E-state index contributed by atoms with van der Waals surface area (Å²) in [5.41, 5.74) is 4.71. The maximum atomic E-state index is 8.99. The molecule has 0 bridgehead atoms. The van der Waals surface area contributed by atoms with Crippen LogP contribution in [-0.4, -0.2) is 5.11 Å². The first kappa shape index (κ1) is 12.2. The second-order valence-electron chi connectivity index (χ2n) is 4.31. The van der Waals surface area contributed by atoms with E-state index < -0.39 is 0 Å². The molecule has 0 saturated heterocycles. The van der Waals surface area contributed by atoms with Crippen LogP contribution in [0.3, 0.4) is 0 Å². The summed E-state index contributed by atoms with van der Waals surface area (Å²) in [5, 5.41) is 8.99. The minimum absolute atomic E-state index is 0.0672. The summed E-state index contributed by atoms with van der Waals surface area (Å²) in [5.74, 6) is 0.0672. The van der Waals surface area contributed by atoms with Gasteiger partial charge in [0.2, 0.25) is 0 Å². The topological polar surface area (TPSA) is 20.2 Å². The molecule has 1 N–H and O–H groups in total. The zero-order chi connectivity index (χ0) is 13.0. The number of aliphatic hydroxyl groups is 1. The molecule has 0 spiro atoms. The first-order valence-electron chi connectivity index (χ1n) is 5.88. The van der Waals surface area contributed by atoms with Crippen LogP contribution < -0.4 is 0 Å². The predicted molar refractivity (Wildman–Crippen MR) is 77.4 cm³/mol. The van der Waals surface area contributed by atoms with Crippen molar-refractivity contribution in [3.8, 4) is 11.1 Å². The number of aliphatic hydroxyl groups excluding tert-OH is 1. The maximum Gasteiger partial charge on any atom is 0.108 e. The third-order valence-corrected chi connectivity index (χ3v) is 2.76. The van der Waals surface area contributed by atoms with Gasteiger partial charge in [0.15, 0.2) is 0 Å². The number of hydrogen-bond acceptors (Lipinski definition) is 1. The summed E-state index contributed by atoms with van der Waals surface area (Å²) in [7, 11) is 0. The molecule has 2 rings (SSSR count). The van der Waals surface area contributed by atoms with E-state index in [1.165, 1.54) is 16.7 Å². The smallest absolute Gasteiger partial charge is 0.108 e. The van der Waals surface area contributed by atoms with Gasteiger partial charge in [-0.1, -0.05) is 66.7 Å². The summed E-state index contributed by atoms with van der Waals surface area (Å²) >= 11 is 0. The average molecular weight is 236 g/mol. The lowest BCUT2D eigenvalue weighted by Crippen LogP contribution is -1.79. The Morgan fingerprint density at radius 1 is 0.944 bits per heavy atom. The molecule has 0 aliphatic rings. The molecule has 0 saturated carbocycles. The Bertz CT molecular complexity index is 560. The molecule has 0 radical (unpaired) electrons. The Kier molecular flexibility index (Phi) is 3.63. The van der Waals surface area contributed by atoms with Gasteiger partial charge in [0.25, 0.3) is 0 Å². The second-order valence-corrected chi connectivity index (χ2v) is 4.31. The van der Waals surface area contributed by atoms with Crippen LogP contribution in [0.1, 0.15) is 11.1 Å². The highest BCUT2D eigenvalue weighted by Gasteiger charge is 1.96. The van der Waals surface area contributed by atoms with Gasteiger partial charge in [-0.15, -0.1) is 0 Å². The Morgan fingerprint density at radius 3 is 1.94 bits per heavy atom. The van der Waals surface area contributed by atoms with Gasteiger partial charge in [0, 0.05) is 0 Å². The van der Waals surface area contributed by atoms with Crippen LogP contribution in [-0.2, 0) is 0 Å². The van der Waals surface area contributed by atoms with Gasteiger partial charge in [0.05, 0.1) is 0 Å². The van der Waals surface area contributed by atoms with Crippen molar-refractivity contribution in [3.63, 3.8) is 0 Å². The lowest BCUT2D eigenvalue weighted by Gasteiger charge is -2.03. The molecule has 0 aliphatic heterocycles. The molecule has 90 valence electrons. The van der Waals surface area contributed by atoms with Crippen LogP contribution in [0, 0.1) is 6.92 Å². The minimum Gasteiger partial charge on any atom is -0.509 e. The highest BCUT2D eigenvalue weighted by Crippen LogP contribution is 2.20. The SMILES string of the molecule is C=C(O)/C=C/c1ccc(-c2ccc(C)cc2)cc1. The van der Waals surface area contributed by atoms with Crippen LogP contribution in [0.15, 0.2) is 66.9 Å². The summed E-state index contributed by atoms with van der Waals surface area (Å²) < 4.78 is 0. The van der Waals surface area contributed by atoms with Crippen LogP contribution >= 0.6 is 0 Å². The van der Waals surface area contributed by atoms with E-state index in [2.05, 4.69) is 49.9 Å². The molecule has 1 heteroatoms. The van der Waals surface area contributed by atoms with Crippen LogP contribution in [0.25, 0.3) is 17.2 Å². The molecule has 0 fully saturated rings. The average Bonchev–Trinajstić information content (AvgIpc) is 2.38. The van der Waals surface area contributed by atoms with Gasteiger partial charge in [-0.05, 0) is 29.7 Å². The molecule has 0 heterocycles. The van der Waals surface area contributed by atoms with Crippen molar-refractivity contribution in [3.05, 3.63) is 78.1 Å². The number of rotatable bonds is 3. The lowest BCUT2D eigenvalue weighted by molar-refractivity contribution is 0.436. The molecule has 18 heavy (non-hydrogen) atoms. The Balaban J connectivity index is 2.22. The van der Waals surface area contributed by atoms with Gasteiger partial charge in [-0.25, -0.2) is 0 Å². The molecular formula is C17H16O. The summed E-state index contributed by atoms with van der Waals surface area (Å²) in [6.07, 6.45) is 3.42. The molecule has 0 unspecified atom stereocenters. The van der Waals surface area contributed by atoms with Crippen molar-refractivity contribution >= 4 is 6.08 Å². The number of hydrogen-bond donors (Lipinski definition) is 1. The molecule has 0 aliphatic carbocycles. The van der Waals surface area contributed by atoms with Gasteiger partial charge in [-0.3, -0.25) is 0 Å². The van der Waals surface area contributed by atoms with Crippen molar-refractivity contribution in [1.29, 1.82) is 0 Å². The monoisotopic (exact) mass is 236 g/mol. The molecule has 1 nitrogen and oxygen atoms in total. The zero-order valence-corrected chi connectivity index (χ0v) is 10.4. The van der Waals surface area contributed by atoms with E-state index in [1.807, 2.05) is 18.2 Å². The Morgan fingerprint density at radius 2 is 1.44 bits per heavy atom. The van der Waals surface area contributed by atoms with Gasteiger partial charge < -0.3 is 5.11 Å². The van der Waals surface area contributed by atoms with Crippen molar-refractivity contribution in [1.82, 2.24) is 0 Å². The molecule has 0 aromatic heterocycles. The maximum absolute atomic E-state index is 8.99. The van der Waals surface area contributed by atoms with Crippen molar-refractivity contribution in [2.24, 2.45) is 0 Å². The highest BCUT2D eigenvalue weighted by molar-refractivity contribution is 5.66. The van der Waals surface area contributed by atoms with Crippen molar-refractivity contribution in [2.75, 3.05) is 0 Å². The fourth-order valence-electron chi connectivity index (χ4n) is 1.73. The van der Waals surface area contributed by atoms with Crippen LogP contribution in [0.2, 0.25) is 0 Å². The minimum atomic E-state index is 0.0672. The Labute approximate surface area is 108 Å². The number of aryl methyl sites for hydroxylation is 1. The van der Waals surface area contributed by atoms with Gasteiger partial charge in [-0.2, -0.15) is 0 Å². The molecule has 0 amide bonds. The molecule has 2 aromatic carbocycles. The van der Waals surface area contributed by atoms with E-state index in [4.69, 9.17) is 5.11 Å². The lowest BCUT2D eigenvalue weighted by atomic mass is 10.0. The van der Waals surface area contributed by atoms with E-state index in [9.17, 15) is 0 Å². The third kappa shape index (κ3) is 3.11. The third-order valence-electron chi connectivity index (χ3n) is 2.76. The van der Waals surface area contributed by atoms with E-state index in [0.717, 1.165) is 5.56 Å². The first-order valence-corrected chi connectivity index (χ1v) is 5.88. The standard InChI is InChI=1S/C17H16O/c1-13-3-9-16(10-4-13)17-11-7-15(8-12-17)6-5-14(2)18/h3-12,18H,2H2,1H3/b6-5+. The summed E-state index contributed by atoms with van der Waals surface area (Å²) in [4.78, 5) is 0. The number of benzene rings is 2. The molecule has 2 aromatic rings. The summed E-state index contributed by atoms with van der Waals surface area (Å²) in [6.45, 7) is 5.50. The van der Waals surface area contributed by atoms with Crippen LogP contribution in [0.4, 0.5) is 0 Å². The Hall–Kier alpha value is -2.28.